The van der Waals surface area contributed by atoms with E-state index in [1.165, 1.54) is 12.1 Å². The second-order valence-corrected chi connectivity index (χ2v) is 4.60. The first-order valence-corrected chi connectivity index (χ1v) is 5.42. The van der Waals surface area contributed by atoms with Crippen LogP contribution in [0.4, 0.5) is 10.1 Å². The molecule has 0 unspecified atom stereocenters. The van der Waals surface area contributed by atoms with Crippen LogP contribution in [0.1, 0.15) is 0 Å². The summed E-state index contributed by atoms with van der Waals surface area (Å²) in [5, 5.41) is 0. The van der Waals surface area contributed by atoms with Gasteiger partial charge < -0.3 is 0 Å². The van der Waals surface area contributed by atoms with Crippen LogP contribution in [-0.4, -0.2) is 20.8 Å². The summed E-state index contributed by atoms with van der Waals surface area (Å²) in [5.41, 5.74) is -0.229. The Morgan fingerprint density at radius 2 is 2.07 bits per heavy atom. The van der Waals surface area contributed by atoms with Gasteiger partial charge in [-0.3, -0.25) is 0 Å². The van der Waals surface area contributed by atoms with Crippen LogP contribution in [0.3, 0.4) is 0 Å². The zero-order chi connectivity index (χ0) is 10.8. The second kappa shape index (κ2) is 3.69. The van der Waals surface area contributed by atoms with E-state index in [1.807, 2.05) is 0 Å². The Kier molecular flexibility index (Phi) is 2.78. The number of carbonyl (C=O) groups excluding carboxylic acids is 1. The van der Waals surface area contributed by atoms with Crippen LogP contribution in [0.15, 0.2) is 28.1 Å². The Morgan fingerprint density at radius 3 is 2.50 bits per heavy atom. The molecular formula is C8H6FNO3S. The van der Waals surface area contributed by atoms with Gasteiger partial charge in [-0.2, -0.15) is 4.99 Å². The highest BCUT2D eigenvalue weighted by Gasteiger charge is 2.10. The van der Waals surface area contributed by atoms with Crippen molar-refractivity contribution >= 4 is 21.6 Å². The lowest BCUT2D eigenvalue weighted by atomic mass is 10.3. The summed E-state index contributed by atoms with van der Waals surface area (Å²) in [5.74, 6) is -0.865. The van der Waals surface area contributed by atoms with E-state index in [4.69, 9.17) is 0 Å². The van der Waals surface area contributed by atoms with E-state index in [2.05, 4.69) is 4.99 Å². The number of benzene rings is 1. The fourth-order valence-corrected chi connectivity index (χ4v) is 1.49. The number of rotatable bonds is 2. The smallest absolute Gasteiger partial charge is 0.224 e. The van der Waals surface area contributed by atoms with Crippen molar-refractivity contribution in [3.05, 3.63) is 24.0 Å². The van der Waals surface area contributed by atoms with E-state index in [9.17, 15) is 17.6 Å². The molecule has 6 heteroatoms. The number of halogens is 1. The predicted octanol–water partition coefficient (Wildman–Crippen LogP) is 1.20. The van der Waals surface area contributed by atoms with Crippen molar-refractivity contribution in [1.29, 1.82) is 0 Å². The molecule has 0 saturated carbocycles. The summed E-state index contributed by atoms with van der Waals surface area (Å²) in [4.78, 5) is 12.7. The molecule has 0 spiro atoms. The average molecular weight is 215 g/mol. The molecular weight excluding hydrogens is 209 g/mol. The number of nitrogens with zero attached hydrogens (tertiary/aromatic N) is 1. The lowest BCUT2D eigenvalue weighted by Gasteiger charge is -1.99. The van der Waals surface area contributed by atoms with Gasteiger partial charge in [0, 0.05) is 6.26 Å². The molecule has 0 aliphatic carbocycles. The lowest BCUT2D eigenvalue weighted by Crippen LogP contribution is -1.97. The van der Waals surface area contributed by atoms with Crippen molar-refractivity contribution < 1.29 is 17.6 Å². The Hall–Kier alpha value is -1.52. The zero-order valence-corrected chi connectivity index (χ0v) is 8.01. The average Bonchev–Trinajstić information content (AvgIpc) is 2.07. The summed E-state index contributed by atoms with van der Waals surface area (Å²) < 4.78 is 35.0. The van der Waals surface area contributed by atoms with Gasteiger partial charge in [-0.1, -0.05) is 0 Å². The highest BCUT2D eigenvalue weighted by molar-refractivity contribution is 7.90. The molecule has 0 atom stereocenters. The molecule has 0 N–H and O–H groups in total. The molecule has 1 rings (SSSR count). The fourth-order valence-electron chi connectivity index (χ4n) is 0.858. The highest BCUT2D eigenvalue weighted by atomic mass is 32.2. The standard InChI is InChI=1S/C8H6FNO3S/c1-14(12,13)6-2-3-8(10-5-11)7(9)4-6/h2-4H,1H3. The number of aliphatic imine (C=N–C) groups is 1. The molecule has 0 radical (unpaired) electrons. The van der Waals surface area contributed by atoms with Gasteiger partial charge in [0.1, 0.15) is 5.69 Å². The van der Waals surface area contributed by atoms with Gasteiger partial charge in [-0.15, -0.1) is 0 Å². The number of hydrogen-bond donors (Lipinski definition) is 0. The number of isocyanates is 1. The van der Waals surface area contributed by atoms with E-state index >= 15 is 0 Å². The fraction of sp³-hybridized carbons (Fsp3) is 0.125. The predicted molar refractivity (Wildman–Crippen MR) is 47.3 cm³/mol. The summed E-state index contributed by atoms with van der Waals surface area (Å²) in [6.07, 6.45) is 2.13. The van der Waals surface area contributed by atoms with E-state index in [-0.39, 0.29) is 10.6 Å². The van der Waals surface area contributed by atoms with Crippen LogP contribution < -0.4 is 0 Å². The van der Waals surface area contributed by atoms with Crippen LogP contribution in [0, 0.1) is 5.82 Å². The minimum Gasteiger partial charge on any atom is -0.224 e. The maximum atomic E-state index is 13.0. The van der Waals surface area contributed by atoms with Crippen molar-refractivity contribution in [1.82, 2.24) is 0 Å². The van der Waals surface area contributed by atoms with Gasteiger partial charge in [0.2, 0.25) is 6.08 Å². The van der Waals surface area contributed by atoms with Crippen molar-refractivity contribution in [3.63, 3.8) is 0 Å². The van der Waals surface area contributed by atoms with Crippen molar-refractivity contribution in [2.45, 2.75) is 4.90 Å². The van der Waals surface area contributed by atoms with Crippen molar-refractivity contribution in [2.24, 2.45) is 4.99 Å². The normalized spacial score (nSPS) is 10.7. The van der Waals surface area contributed by atoms with Gasteiger partial charge in [-0.25, -0.2) is 17.6 Å². The minimum atomic E-state index is -3.44. The van der Waals surface area contributed by atoms with E-state index < -0.39 is 15.7 Å². The van der Waals surface area contributed by atoms with Crippen LogP contribution in [0.5, 0.6) is 0 Å². The van der Waals surface area contributed by atoms with Gasteiger partial charge >= 0.3 is 0 Å². The molecule has 1 aromatic carbocycles. The van der Waals surface area contributed by atoms with Crippen LogP contribution in [-0.2, 0) is 14.6 Å². The molecule has 0 fully saturated rings. The molecule has 0 heterocycles. The van der Waals surface area contributed by atoms with Crippen LogP contribution >= 0.6 is 0 Å². The lowest BCUT2D eigenvalue weighted by molar-refractivity contribution is 0.564. The largest absolute Gasteiger partial charge is 0.240 e. The number of hydrogen-bond acceptors (Lipinski definition) is 4. The third-order valence-electron chi connectivity index (χ3n) is 1.51. The SMILES string of the molecule is CS(=O)(=O)c1ccc(N=C=O)c(F)c1. The Bertz CT molecular complexity index is 503. The number of sulfone groups is 1. The van der Waals surface area contributed by atoms with Crippen molar-refractivity contribution in [3.8, 4) is 0 Å². The van der Waals surface area contributed by atoms with Gasteiger partial charge in [0.15, 0.2) is 15.7 Å². The summed E-state index contributed by atoms with van der Waals surface area (Å²) in [6, 6.07) is 3.09. The molecule has 1 aromatic rings. The van der Waals surface area contributed by atoms with E-state index in [1.54, 1.807) is 0 Å². The van der Waals surface area contributed by atoms with Crippen molar-refractivity contribution in [2.75, 3.05) is 6.26 Å². The van der Waals surface area contributed by atoms with E-state index in [0.29, 0.717) is 0 Å². The zero-order valence-electron chi connectivity index (χ0n) is 7.19. The highest BCUT2D eigenvalue weighted by Crippen LogP contribution is 2.20. The molecule has 0 aliphatic rings. The van der Waals surface area contributed by atoms with Gasteiger partial charge in [0.05, 0.1) is 4.90 Å². The monoisotopic (exact) mass is 215 g/mol. The first-order chi connectivity index (χ1) is 6.45. The molecule has 0 aliphatic heterocycles. The van der Waals surface area contributed by atoms with E-state index in [0.717, 1.165) is 18.4 Å². The minimum absolute atomic E-state index is 0.153. The molecule has 0 bridgehead atoms. The summed E-state index contributed by atoms with van der Waals surface area (Å²) in [7, 11) is -3.44. The molecule has 0 aromatic heterocycles. The summed E-state index contributed by atoms with van der Waals surface area (Å²) in [6.45, 7) is 0. The molecule has 0 saturated heterocycles. The Morgan fingerprint density at radius 1 is 1.43 bits per heavy atom. The quantitative estimate of drug-likeness (QED) is 0.550. The third-order valence-corrected chi connectivity index (χ3v) is 2.62. The van der Waals surface area contributed by atoms with Crippen LogP contribution in [0.25, 0.3) is 0 Å². The topological polar surface area (TPSA) is 63.6 Å². The molecule has 4 nitrogen and oxygen atoms in total. The molecule has 14 heavy (non-hydrogen) atoms. The van der Waals surface area contributed by atoms with Gasteiger partial charge in [-0.05, 0) is 18.2 Å². The molecule has 74 valence electrons. The molecule has 0 amide bonds. The van der Waals surface area contributed by atoms with Crippen LogP contribution in [0.2, 0.25) is 0 Å². The third kappa shape index (κ3) is 2.25. The Labute approximate surface area is 80.0 Å². The first kappa shape index (κ1) is 10.6. The first-order valence-electron chi connectivity index (χ1n) is 3.52. The summed E-state index contributed by atoms with van der Waals surface area (Å²) >= 11 is 0. The van der Waals surface area contributed by atoms with Gasteiger partial charge in [0.25, 0.3) is 0 Å². The maximum absolute atomic E-state index is 13.0. The Balaban J connectivity index is 3.33. The second-order valence-electron chi connectivity index (χ2n) is 2.59. The maximum Gasteiger partial charge on any atom is 0.240 e.